The minimum atomic E-state index is -0.201. The number of carbonyl (C=O) groups excluding carboxylic acids is 1. The van der Waals surface area contributed by atoms with Crippen LogP contribution < -0.4 is 19.5 Å². The third-order valence-corrected chi connectivity index (χ3v) is 5.57. The highest BCUT2D eigenvalue weighted by atomic mass is 35.5. The number of aryl methyl sites for hydroxylation is 1. The fourth-order valence-corrected chi connectivity index (χ4v) is 3.91. The number of halogens is 1. The molecule has 1 aliphatic rings. The minimum Gasteiger partial charge on any atom is -0.489 e. The summed E-state index contributed by atoms with van der Waals surface area (Å²) in [5.41, 5.74) is 2.23. The fraction of sp³-hybridized carbons (Fsp3) is 0.273. The standard InChI is InChI=1S/C22H21ClN2O4S/c1-14-25-17(13-30-14)12-29-18-5-2-4-16(10-18)22(26)24-11-15-8-19(23)21-20(9-15)27-6-3-7-28-21/h2,4-5,8-10,13H,3,6-7,11-12H2,1H3,(H,24,26). The van der Waals surface area contributed by atoms with Gasteiger partial charge in [-0.3, -0.25) is 4.79 Å². The maximum atomic E-state index is 12.6. The average Bonchev–Trinajstić information content (AvgIpc) is 3.01. The Labute approximate surface area is 183 Å². The molecule has 6 nitrogen and oxygen atoms in total. The Bertz CT molecular complexity index is 1050. The molecule has 0 saturated carbocycles. The van der Waals surface area contributed by atoms with E-state index in [1.807, 2.05) is 24.4 Å². The second kappa shape index (κ2) is 9.36. The van der Waals surface area contributed by atoms with E-state index in [9.17, 15) is 4.79 Å². The Hall–Kier alpha value is -2.77. The zero-order chi connectivity index (χ0) is 20.9. The predicted molar refractivity (Wildman–Crippen MR) is 116 cm³/mol. The molecule has 0 atom stereocenters. The van der Waals surface area contributed by atoms with Crippen LogP contribution in [0.5, 0.6) is 17.2 Å². The number of fused-ring (bicyclic) bond motifs is 1. The van der Waals surface area contributed by atoms with Crippen molar-refractivity contribution in [2.75, 3.05) is 13.2 Å². The summed E-state index contributed by atoms with van der Waals surface area (Å²) in [5, 5.41) is 6.35. The number of benzene rings is 2. The van der Waals surface area contributed by atoms with Gasteiger partial charge in [-0.2, -0.15) is 0 Å². The molecule has 8 heteroatoms. The molecule has 1 aromatic heterocycles. The Morgan fingerprint density at radius 3 is 2.97 bits per heavy atom. The fourth-order valence-electron chi connectivity index (χ4n) is 3.03. The highest BCUT2D eigenvalue weighted by Gasteiger charge is 2.16. The quantitative estimate of drug-likeness (QED) is 0.592. The molecule has 0 radical (unpaired) electrons. The van der Waals surface area contributed by atoms with Gasteiger partial charge < -0.3 is 19.5 Å². The monoisotopic (exact) mass is 444 g/mol. The van der Waals surface area contributed by atoms with Crippen molar-refractivity contribution in [3.05, 3.63) is 68.6 Å². The minimum absolute atomic E-state index is 0.201. The van der Waals surface area contributed by atoms with Gasteiger partial charge in [0.25, 0.3) is 5.91 Å². The first-order valence-electron chi connectivity index (χ1n) is 9.58. The molecule has 2 heterocycles. The van der Waals surface area contributed by atoms with Crippen LogP contribution in [-0.2, 0) is 13.2 Å². The van der Waals surface area contributed by atoms with Crippen molar-refractivity contribution in [3.63, 3.8) is 0 Å². The van der Waals surface area contributed by atoms with E-state index in [1.165, 1.54) is 0 Å². The van der Waals surface area contributed by atoms with Crippen LogP contribution in [0.1, 0.15) is 33.0 Å². The van der Waals surface area contributed by atoms with Crippen molar-refractivity contribution in [2.45, 2.75) is 26.5 Å². The van der Waals surface area contributed by atoms with E-state index in [1.54, 1.807) is 35.6 Å². The molecule has 0 saturated heterocycles. The van der Waals surface area contributed by atoms with Crippen LogP contribution in [0.2, 0.25) is 5.02 Å². The Morgan fingerprint density at radius 1 is 1.27 bits per heavy atom. The number of nitrogens with zero attached hydrogens (tertiary/aromatic N) is 1. The smallest absolute Gasteiger partial charge is 0.251 e. The zero-order valence-corrected chi connectivity index (χ0v) is 18.0. The van der Waals surface area contributed by atoms with E-state index < -0.39 is 0 Å². The summed E-state index contributed by atoms with van der Waals surface area (Å²) >= 11 is 7.90. The Morgan fingerprint density at radius 2 is 2.13 bits per heavy atom. The number of thiazole rings is 1. The van der Waals surface area contributed by atoms with Gasteiger partial charge in [-0.15, -0.1) is 11.3 Å². The molecule has 0 unspecified atom stereocenters. The normalized spacial score (nSPS) is 12.9. The molecular formula is C22H21ClN2O4S. The molecule has 1 amide bonds. The number of carbonyl (C=O) groups is 1. The number of hydrogen-bond acceptors (Lipinski definition) is 6. The Kier molecular flexibility index (Phi) is 6.40. The van der Waals surface area contributed by atoms with E-state index in [4.69, 9.17) is 25.8 Å². The van der Waals surface area contributed by atoms with Crippen LogP contribution in [0.4, 0.5) is 0 Å². The number of rotatable bonds is 6. The van der Waals surface area contributed by atoms with Gasteiger partial charge in [0, 0.05) is 23.9 Å². The maximum absolute atomic E-state index is 12.6. The van der Waals surface area contributed by atoms with Crippen molar-refractivity contribution >= 4 is 28.8 Å². The maximum Gasteiger partial charge on any atom is 0.251 e. The summed E-state index contributed by atoms with van der Waals surface area (Å²) in [7, 11) is 0. The Balaban J connectivity index is 1.38. The first kappa shape index (κ1) is 20.5. The number of nitrogens with one attached hydrogen (secondary N) is 1. The van der Waals surface area contributed by atoms with Crippen molar-refractivity contribution in [2.24, 2.45) is 0 Å². The molecule has 4 rings (SSSR count). The van der Waals surface area contributed by atoms with E-state index in [0.717, 1.165) is 22.7 Å². The second-order valence-electron chi connectivity index (χ2n) is 6.81. The van der Waals surface area contributed by atoms with E-state index in [0.29, 0.717) is 54.2 Å². The van der Waals surface area contributed by atoms with Gasteiger partial charge in [-0.1, -0.05) is 17.7 Å². The van der Waals surface area contributed by atoms with Crippen molar-refractivity contribution in [1.82, 2.24) is 10.3 Å². The number of aromatic nitrogens is 1. The van der Waals surface area contributed by atoms with Crippen LogP contribution in [0.15, 0.2) is 41.8 Å². The van der Waals surface area contributed by atoms with Gasteiger partial charge in [0.2, 0.25) is 0 Å². The highest BCUT2D eigenvalue weighted by molar-refractivity contribution is 7.09. The molecule has 0 aliphatic carbocycles. The molecule has 0 fully saturated rings. The summed E-state index contributed by atoms with van der Waals surface area (Å²) < 4.78 is 17.1. The van der Waals surface area contributed by atoms with E-state index in [-0.39, 0.29) is 5.91 Å². The zero-order valence-electron chi connectivity index (χ0n) is 16.4. The van der Waals surface area contributed by atoms with Crippen LogP contribution in [0.25, 0.3) is 0 Å². The van der Waals surface area contributed by atoms with Gasteiger partial charge in [-0.05, 0) is 42.8 Å². The summed E-state index contributed by atoms with van der Waals surface area (Å²) in [6.45, 7) is 3.79. The second-order valence-corrected chi connectivity index (χ2v) is 8.28. The highest BCUT2D eigenvalue weighted by Crippen LogP contribution is 2.38. The number of ether oxygens (including phenoxy) is 3. The lowest BCUT2D eigenvalue weighted by Gasteiger charge is -2.12. The van der Waals surface area contributed by atoms with Crippen LogP contribution in [0.3, 0.4) is 0 Å². The lowest BCUT2D eigenvalue weighted by atomic mass is 10.1. The summed E-state index contributed by atoms with van der Waals surface area (Å²) in [4.78, 5) is 17.0. The third kappa shape index (κ3) is 5.04. The molecular weight excluding hydrogens is 424 g/mol. The van der Waals surface area contributed by atoms with Gasteiger partial charge >= 0.3 is 0 Å². The number of hydrogen-bond donors (Lipinski definition) is 1. The molecule has 0 bridgehead atoms. The van der Waals surface area contributed by atoms with Gasteiger partial charge in [-0.25, -0.2) is 4.98 Å². The molecule has 2 aromatic carbocycles. The van der Waals surface area contributed by atoms with Gasteiger partial charge in [0.1, 0.15) is 12.4 Å². The van der Waals surface area contributed by atoms with Gasteiger partial charge in [0.05, 0.1) is 28.9 Å². The summed E-state index contributed by atoms with van der Waals surface area (Å²) in [6, 6.07) is 10.7. The lowest BCUT2D eigenvalue weighted by Crippen LogP contribution is -2.22. The first-order valence-corrected chi connectivity index (χ1v) is 10.8. The topological polar surface area (TPSA) is 69.7 Å². The predicted octanol–water partition coefficient (Wildman–Crippen LogP) is 4.78. The first-order chi connectivity index (χ1) is 14.6. The molecule has 30 heavy (non-hydrogen) atoms. The third-order valence-electron chi connectivity index (χ3n) is 4.46. The summed E-state index contributed by atoms with van der Waals surface area (Å²) in [5.74, 6) is 1.58. The van der Waals surface area contributed by atoms with Crippen molar-refractivity contribution in [3.8, 4) is 17.2 Å². The average molecular weight is 445 g/mol. The van der Waals surface area contributed by atoms with Gasteiger partial charge in [0.15, 0.2) is 11.5 Å². The molecule has 0 spiro atoms. The van der Waals surface area contributed by atoms with Crippen LogP contribution in [0, 0.1) is 6.92 Å². The molecule has 1 N–H and O–H groups in total. The number of amides is 1. The summed E-state index contributed by atoms with van der Waals surface area (Å²) in [6.07, 6.45) is 0.803. The molecule has 3 aromatic rings. The van der Waals surface area contributed by atoms with E-state index in [2.05, 4.69) is 10.3 Å². The van der Waals surface area contributed by atoms with Crippen molar-refractivity contribution in [1.29, 1.82) is 0 Å². The van der Waals surface area contributed by atoms with Crippen molar-refractivity contribution < 1.29 is 19.0 Å². The molecule has 1 aliphatic heterocycles. The lowest BCUT2D eigenvalue weighted by molar-refractivity contribution is 0.0950. The SMILES string of the molecule is Cc1nc(COc2cccc(C(=O)NCc3cc(Cl)c4c(c3)OCCCO4)c2)cs1. The molecule has 156 valence electrons. The largest absolute Gasteiger partial charge is 0.489 e. The van der Waals surface area contributed by atoms with E-state index >= 15 is 0 Å². The van der Waals surface area contributed by atoms with Crippen LogP contribution in [-0.4, -0.2) is 24.1 Å². The van der Waals surface area contributed by atoms with Crippen LogP contribution >= 0.6 is 22.9 Å².